The minimum absolute atomic E-state index is 0.0644. The maximum absolute atomic E-state index is 12.8. The van der Waals surface area contributed by atoms with Crippen molar-refractivity contribution in [1.82, 2.24) is 4.72 Å². The van der Waals surface area contributed by atoms with Gasteiger partial charge in [0, 0.05) is 0 Å². The van der Waals surface area contributed by atoms with Crippen LogP contribution in [0.25, 0.3) is 0 Å². The van der Waals surface area contributed by atoms with Crippen molar-refractivity contribution in [3.8, 4) is 0 Å². The lowest BCUT2D eigenvalue weighted by atomic mass is 10.2. The van der Waals surface area contributed by atoms with Crippen LogP contribution in [0.4, 0.5) is 18.9 Å². The molecule has 4 nitrogen and oxygen atoms in total. The van der Waals surface area contributed by atoms with Gasteiger partial charge in [-0.2, -0.15) is 17.9 Å². The summed E-state index contributed by atoms with van der Waals surface area (Å²) in [6, 6.07) is 4.37. The van der Waals surface area contributed by atoms with Crippen molar-refractivity contribution in [2.75, 3.05) is 5.73 Å². The predicted molar refractivity (Wildman–Crippen MR) is 63.9 cm³/mol. The van der Waals surface area contributed by atoms with E-state index in [9.17, 15) is 21.6 Å². The second kappa shape index (κ2) is 4.11. The molecule has 1 fully saturated rings. The Labute approximate surface area is 108 Å². The van der Waals surface area contributed by atoms with E-state index in [-0.39, 0.29) is 23.4 Å². The third-order valence-corrected chi connectivity index (χ3v) is 4.89. The topological polar surface area (TPSA) is 72.2 Å². The fourth-order valence-corrected chi connectivity index (χ4v) is 3.73. The number of hydrogen-bond acceptors (Lipinski definition) is 3. The third-order valence-electron chi connectivity index (χ3n) is 3.13. The molecule has 2 rings (SSSR count). The first-order valence-electron chi connectivity index (χ1n) is 5.55. The number of nitrogens with one attached hydrogen (secondary N) is 1. The number of nitrogen functional groups attached to an aromatic ring is 1. The molecular weight excluding hydrogens is 281 g/mol. The second-order valence-corrected chi connectivity index (χ2v) is 6.30. The van der Waals surface area contributed by atoms with E-state index in [4.69, 9.17) is 5.73 Å². The van der Waals surface area contributed by atoms with E-state index in [1.165, 1.54) is 19.1 Å². The molecule has 0 amide bonds. The minimum atomic E-state index is -4.60. The summed E-state index contributed by atoms with van der Waals surface area (Å²) in [5.41, 5.74) is 3.47. The Morgan fingerprint density at radius 1 is 1.32 bits per heavy atom. The molecule has 0 heterocycles. The highest BCUT2D eigenvalue weighted by Crippen LogP contribution is 2.50. The van der Waals surface area contributed by atoms with Gasteiger partial charge in [0.15, 0.2) is 0 Å². The third kappa shape index (κ3) is 2.42. The molecule has 1 aromatic rings. The van der Waals surface area contributed by atoms with Crippen LogP contribution in [0.2, 0.25) is 0 Å². The van der Waals surface area contributed by atoms with Gasteiger partial charge in [0.2, 0.25) is 10.0 Å². The fourth-order valence-electron chi connectivity index (χ4n) is 1.92. The molecule has 0 bridgehead atoms. The largest absolute Gasteiger partial charge is 0.407 e. The number of rotatable bonds is 3. The number of nitrogens with two attached hydrogens (primary N) is 1. The van der Waals surface area contributed by atoms with Gasteiger partial charge < -0.3 is 5.73 Å². The van der Waals surface area contributed by atoms with Gasteiger partial charge in [-0.1, -0.05) is 12.1 Å². The Balaban J connectivity index is 2.40. The monoisotopic (exact) mass is 294 g/mol. The first-order chi connectivity index (χ1) is 8.59. The molecule has 8 heteroatoms. The number of sulfonamides is 1. The van der Waals surface area contributed by atoms with Gasteiger partial charge in [0.1, 0.15) is 10.4 Å². The summed E-state index contributed by atoms with van der Waals surface area (Å²) in [4.78, 5) is -0.287. The molecule has 1 aliphatic carbocycles. The Kier molecular flexibility index (Phi) is 3.06. The first kappa shape index (κ1) is 14.1. The zero-order valence-corrected chi connectivity index (χ0v) is 10.9. The number of benzene rings is 1. The molecule has 19 heavy (non-hydrogen) atoms. The van der Waals surface area contributed by atoms with Crippen LogP contribution < -0.4 is 10.5 Å². The summed E-state index contributed by atoms with van der Waals surface area (Å²) in [5, 5.41) is 0. The van der Waals surface area contributed by atoms with Crippen LogP contribution in [0.3, 0.4) is 0 Å². The van der Waals surface area contributed by atoms with Crippen LogP contribution in [0.1, 0.15) is 18.4 Å². The highest BCUT2D eigenvalue weighted by Gasteiger charge is 2.65. The zero-order chi connectivity index (χ0) is 14.5. The Hall–Kier alpha value is -1.28. The molecule has 0 atom stereocenters. The van der Waals surface area contributed by atoms with E-state index in [1.807, 2.05) is 0 Å². The van der Waals surface area contributed by atoms with Crippen LogP contribution in [0.5, 0.6) is 0 Å². The standard InChI is InChI=1S/C11H13F3N2O2S/c1-7-3-2-4-8(15)9(7)19(17,18)16-10(5-6-10)11(12,13)14/h2-4,16H,5-6,15H2,1H3. The van der Waals surface area contributed by atoms with E-state index in [0.717, 1.165) is 0 Å². The van der Waals surface area contributed by atoms with E-state index >= 15 is 0 Å². The molecule has 1 aliphatic rings. The van der Waals surface area contributed by atoms with Gasteiger partial charge in [-0.05, 0) is 31.4 Å². The van der Waals surface area contributed by atoms with Crippen LogP contribution in [-0.2, 0) is 10.0 Å². The average molecular weight is 294 g/mol. The Morgan fingerprint density at radius 3 is 2.32 bits per heavy atom. The summed E-state index contributed by atoms with van der Waals surface area (Å²) in [6.45, 7) is 1.48. The van der Waals surface area contributed by atoms with Crippen molar-refractivity contribution >= 4 is 15.7 Å². The molecule has 106 valence electrons. The van der Waals surface area contributed by atoms with Crippen molar-refractivity contribution < 1.29 is 21.6 Å². The van der Waals surface area contributed by atoms with Gasteiger partial charge in [-0.25, -0.2) is 8.42 Å². The molecule has 3 N–H and O–H groups in total. The van der Waals surface area contributed by atoms with Gasteiger partial charge in [0.25, 0.3) is 0 Å². The van der Waals surface area contributed by atoms with Gasteiger partial charge in [0.05, 0.1) is 5.69 Å². The van der Waals surface area contributed by atoms with E-state index in [1.54, 1.807) is 10.8 Å². The van der Waals surface area contributed by atoms with Crippen molar-refractivity contribution in [2.45, 2.75) is 36.4 Å². The highest BCUT2D eigenvalue weighted by molar-refractivity contribution is 7.89. The quantitative estimate of drug-likeness (QED) is 0.837. The number of halogens is 3. The van der Waals surface area contributed by atoms with Gasteiger partial charge in [-0.3, -0.25) is 0 Å². The van der Waals surface area contributed by atoms with E-state index in [2.05, 4.69) is 0 Å². The summed E-state index contributed by atoms with van der Waals surface area (Å²) >= 11 is 0. The molecule has 1 saturated carbocycles. The number of aryl methyl sites for hydroxylation is 1. The lowest BCUT2D eigenvalue weighted by Crippen LogP contribution is -2.47. The lowest BCUT2D eigenvalue weighted by molar-refractivity contribution is -0.160. The molecule has 0 spiro atoms. The van der Waals surface area contributed by atoms with E-state index in [0.29, 0.717) is 5.56 Å². The van der Waals surface area contributed by atoms with Gasteiger partial charge in [-0.15, -0.1) is 0 Å². The maximum Gasteiger partial charge on any atom is 0.407 e. The predicted octanol–water partition coefficient (Wildman–Crippen LogP) is 1.95. The molecule has 0 radical (unpaired) electrons. The first-order valence-corrected chi connectivity index (χ1v) is 7.03. The fraction of sp³-hybridized carbons (Fsp3) is 0.455. The molecular formula is C11H13F3N2O2S. The van der Waals surface area contributed by atoms with Crippen molar-refractivity contribution in [2.24, 2.45) is 0 Å². The molecule has 0 aliphatic heterocycles. The normalized spacial score (nSPS) is 18.3. The molecule has 1 aromatic carbocycles. The van der Waals surface area contributed by atoms with Crippen molar-refractivity contribution in [3.05, 3.63) is 23.8 Å². The van der Waals surface area contributed by atoms with Crippen molar-refractivity contribution in [3.63, 3.8) is 0 Å². The minimum Gasteiger partial charge on any atom is -0.398 e. The summed E-state index contributed by atoms with van der Waals surface area (Å²) in [5.74, 6) is 0. The maximum atomic E-state index is 12.8. The molecule has 0 unspecified atom stereocenters. The van der Waals surface area contributed by atoms with Crippen LogP contribution in [0.15, 0.2) is 23.1 Å². The number of anilines is 1. The SMILES string of the molecule is Cc1cccc(N)c1S(=O)(=O)NC1(C(F)(F)F)CC1. The lowest BCUT2D eigenvalue weighted by Gasteiger charge is -2.21. The summed E-state index contributed by atoms with van der Waals surface area (Å²) < 4.78 is 64.3. The Morgan fingerprint density at radius 2 is 1.89 bits per heavy atom. The Bertz CT molecular complexity index is 587. The number of alkyl halides is 3. The van der Waals surface area contributed by atoms with Crippen LogP contribution >= 0.6 is 0 Å². The second-order valence-electron chi connectivity index (χ2n) is 4.68. The average Bonchev–Trinajstić information content (AvgIpc) is 2.96. The summed E-state index contributed by atoms with van der Waals surface area (Å²) in [6.07, 6.45) is -5.10. The number of hydrogen-bond donors (Lipinski definition) is 2. The van der Waals surface area contributed by atoms with Crippen molar-refractivity contribution in [1.29, 1.82) is 0 Å². The zero-order valence-electron chi connectivity index (χ0n) is 10.1. The molecule has 0 saturated heterocycles. The van der Waals surface area contributed by atoms with E-state index < -0.39 is 21.7 Å². The summed E-state index contributed by atoms with van der Waals surface area (Å²) in [7, 11) is -4.29. The van der Waals surface area contributed by atoms with Gasteiger partial charge >= 0.3 is 6.18 Å². The highest BCUT2D eigenvalue weighted by atomic mass is 32.2. The van der Waals surface area contributed by atoms with Crippen LogP contribution in [0, 0.1) is 6.92 Å². The van der Waals surface area contributed by atoms with Crippen LogP contribution in [-0.4, -0.2) is 20.1 Å². The smallest absolute Gasteiger partial charge is 0.398 e. The molecule has 0 aromatic heterocycles.